The summed E-state index contributed by atoms with van der Waals surface area (Å²) in [5.74, 6) is 1.02. The lowest BCUT2D eigenvalue weighted by molar-refractivity contribution is -0.122. The first kappa shape index (κ1) is 24.2. The number of methoxy groups -OCH3 is 2. The number of carbonyl (C=O) groups is 3. The van der Waals surface area contributed by atoms with Gasteiger partial charge in [-0.1, -0.05) is 24.3 Å². The molecule has 1 aliphatic rings. The Labute approximate surface area is 207 Å². The molecular weight excluding hydrogens is 466 g/mol. The fourth-order valence-corrected chi connectivity index (χ4v) is 4.80. The fourth-order valence-electron chi connectivity index (χ4n) is 3.66. The number of nitrogens with one attached hydrogen (secondary N) is 3. The molecule has 0 radical (unpaired) electrons. The van der Waals surface area contributed by atoms with Crippen LogP contribution in [-0.2, 0) is 4.79 Å². The van der Waals surface area contributed by atoms with Crippen LogP contribution in [0.2, 0.25) is 0 Å². The van der Waals surface area contributed by atoms with E-state index in [9.17, 15) is 14.4 Å². The summed E-state index contributed by atoms with van der Waals surface area (Å²) in [6.07, 6.45) is 0. The van der Waals surface area contributed by atoms with Gasteiger partial charge in [0.2, 0.25) is 0 Å². The highest BCUT2D eigenvalue weighted by atomic mass is 32.2. The van der Waals surface area contributed by atoms with Crippen LogP contribution in [0.3, 0.4) is 0 Å². The van der Waals surface area contributed by atoms with E-state index < -0.39 is 11.6 Å². The van der Waals surface area contributed by atoms with Gasteiger partial charge < -0.3 is 20.1 Å². The van der Waals surface area contributed by atoms with Crippen LogP contribution in [0.25, 0.3) is 11.1 Å². The summed E-state index contributed by atoms with van der Waals surface area (Å²) >= 11 is 1.33. The molecule has 180 valence electrons. The van der Waals surface area contributed by atoms with E-state index in [4.69, 9.17) is 9.47 Å². The molecule has 0 saturated carbocycles. The molecule has 0 aliphatic carbocycles. The molecule has 0 bridgehead atoms. The van der Waals surface area contributed by atoms with Gasteiger partial charge in [0.05, 0.1) is 19.8 Å². The third-order valence-electron chi connectivity index (χ3n) is 5.62. The van der Waals surface area contributed by atoms with E-state index in [2.05, 4.69) is 16.0 Å². The van der Waals surface area contributed by atoms with Gasteiger partial charge in [0, 0.05) is 21.9 Å². The monoisotopic (exact) mass is 491 g/mol. The van der Waals surface area contributed by atoms with Crippen LogP contribution in [0.4, 0.5) is 10.5 Å². The van der Waals surface area contributed by atoms with Gasteiger partial charge in [-0.15, -0.1) is 11.8 Å². The van der Waals surface area contributed by atoms with Gasteiger partial charge in [-0.05, 0) is 55.0 Å². The van der Waals surface area contributed by atoms with E-state index in [0.29, 0.717) is 21.9 Å². The lowest BCUT2D eigenvalue weighted by atomic mass is 10.0. The van der Waals surface area contributed by atoms with E-state index in [1.54, 1.807) is 45.4 Å². The van der Waals surface area contributed by atoms with Crippen LogP contribution in [0.15, 0.2) is 71.6 Å². The Morgan fingerprint density at radius 1 is 1.00 bits per heavy atom. The molecule has 0 spiro atoms. The highest BCUT2D eigenvalue weighted by molar-refractivity contribution is 7.99. The van der Waals surface area contributed by atoms with E-state index >= 15 is 0 Å². The van der Waals surface area contributed by atoms with Gasteiger partial charge in [-0.2, -0.15) is 0 Å². The molecular formula is C26H25N3O5S. The van der Waals surface area contributed by atoms with E-state index in [1.807, 2.05) is 42.5 Å². The highest BCUT2D eigenvalue weighted by Gasteiger charge is 2.41. The Morgan fingerprint density at radius 3 is 2.40 bits per heavy atom. The minimum atomic E-state index is -1.05. The number of rotatable bonds is 8. The maximum absolute atomic E-state index is 13.2. The Bertz CT molecular complexity index is 1280. The number of anilines is 1. The van der Waals surface area contributed by atoms with E-state index in [-0.39, 0.29) is 17.6 Å². The van der Waals surface area contributed by atoms with Gasteiger partial charge in [0.15, 0.2) is 0 Å². The molecule has 1 atom stereocenters. The lowest BCUT2D eigenvalue weighted by Gasteiger charge is -2.20. The number of ether oxygens (including phenoxy) is 2. The number of urea groups is 1. The van der Waals surface area contributed by atoms with Crippen molar-refractivity contribution in [2.45, 2.75) is 17.4 Å². The molecule has 1 aliphatic heterocycles. The molecule has 1 fully saturated rings. The molecule has 0 aromatic heterocycles. The van der Waals surface area contributed by atoms with Crippen molar-refractivity contribution in [3.05, 3.63) is 72.3 Å². The van der Waals surface area contributed by atoms with Crippen LogP contribution in [-0.4, -0.2) is 43.4 Å². The lowest BCUT2D eigenvalue weighted by Crippen LogP contribution is -2.46. The topological polar surface area (TPSA) is 106 Å². The van der Waals surface area contributed by atoms with Crippen molar-refractivity contribution in [2.75, 3.05) is 25.3 Å². The van der Waals surface area contributed by atoms with Crippen LogP contribution in [0.1, 0.15) is 17.3 Å². The molecule has 4 rings (SSSR count). The standard InChI is InChI=1S/C26H25N3O5S/c1-26(24(31)28-25(32)29-26)15-35-22-7-5-4-6-19(22)23(30)27-17-10-13-21(34-3)20(14-17)16-8-11-18(33-2)12-9-16/h4-14H,15H2,1-3H3,(H,27,30)(H2,28,29,31,32)/t26-/m1/s1. The number of hydrogen-bond donors (Lipinski definition) is 3. The predicted octanol–water partition coefficient (Wildman–Crippen LogP) is 4.31. The Morgan fingerprint density at radius 2 is 1.74 bits per heavy atom. The number of imide groups is 1. The van der Waals surface area contributed by atoms with Crippen molar-refractivity contribution in [1.29, 1.82) is 0 Å². The van der Waals surface area contributed by atoms with Gasteiger partial charge in [0.1, 0.15) is 17.0 Å². The molecule has 4 amide bonds. The average Bonchev–Trinajstić information content (AvgIpc) is 3.13. The molecule has 0 unspecified atom stereocenters. The molecule has 1 saturated heterocycles. The second-order valence-electron chi connectivity index (χ2n) is 8.12. The van der Waals surface area contributed by atoms with Gasteiger partial charge in [-0.3, -0.25) is 14.9 Å². The first-order valence-electron chi connectivity index (χ1n) is 10.8. The smallest absolute Gasteiger partial charge is 0.322 e. The second kappa shape index (κ2) is 10.1. The van der Waals surface area contributed by atoms with Crippen molar-refractivity contribution in [2.24, 2.45) is 0 Å². The average molecular weight is 492 g/mol. The quantitative estimate of drug-likeness (QED) is 0.320. The molecule has 3 N–H and O–H groups in total. The van der Waals surface area contributed by atoms with Crippen LogP contribution >= 0.6 is 11.8 Å². The summed E-state index contributed by atoms with van der Waals surface area (Å²) in [4.78, 5) is 37.5. The number of benzene rings is 3. The van der Waals surface area contributed by atoms with Crippen molar-refractivity contribution in [1.82, 2.24) is 10.6 Å². The number of hydrogen-bond acceptors (Lipinski definition) is 6. The summed E-state index contributed by atoms with van der Waals surface area (Å²) in [6.45, 7) is 1.65. The normalized spacial score (nSPS) is 16.9. The number of carbonyl (C=O) groups excluding carboxylic acids is 3. The maximum atomic E-state index is 13.2. The SMILES string of the molecule is COc1ccc(-c2cc(NC(=O)c3ccccc3SC[C@@]3(C)NC(=O)NC3=O)ccc2OC)cc1. The predicted molar refractivity (Wildman–Crippen MR) is 135 cm³/mol. The molecule has 1 heterocycles. The maximum Gasteiger partial charge on any atom is 0.322 e. The molecule has 3 aromatic carbocycles. The van der Waals surface area contributed by atoms with Crippen molar-refractivity contribution < 1.29 is 23.9 Å². The highest BCUT2D eigenvalue weighted by Crippen LogP contribution is 2.34. The molecule has 35 heavy (non-hydrogen) atoms. The summed E-state index contributed by atoms with van der Waals surface area (Å²) in [5, 5.41) is 7.84. The van der Waals surface area contributed by atoms with Crippen molar-refractivity contribution in [3.8, 4) is 22.6 Å². The van der Waals surface area contributed by atoms with Crippen LogP contribution < -0.4 is 25.4 Å². The zero-order valence-corrected chi connectivity index (χ0v) is 20.3. The van der Waals surface area contributed by atoms with E-state index in [0.717, 1.165) is 16.9 Å². The summed E-state index contributed by atoms with van der Waals surface area (Å²) in [7, 11) is 3.21. The summed E-state index contributed by atoms with van der Waals surface area (Å²) < 4.78 is 10.8. The fraction of sp³-hybridized carbons (Fsp3) is 0.192. The number of amides is 4. The van der Waals surface area contributed by atoms with Gasteiger partial charge in [0.25, 0.3) is 11.8 Å². The molecule has 3 aromatic rings. The summed E-state index contributed by atoms with van der Waals surface area (Å²) in [6, 6.07) is 19.6. The van der Waals surface area contributed by atoms with E-state index in [1.165, 1.54) is 11.8 Å². The van der Waals surface area contributed by atoms with Crippen molar-refractivity contribution >= 4 is 35.3 Å². The van der Waals surface area contributed by atoms with Gasteiger partial charge >= 0.3 is 6.03 Å². The zero-order chi connectivity index (χ0) is 25.0. The Hall–Kier alpha value is -3.98. The number of thioether (sulfide) groups is 1. The largest absolute Gasteiger partial charge is 0.497 e. The second-order valence-corrected chi connectivity index (χ2v) is 9.14. The molecule has 9 heteroatoms. The van der Waals surface area contributed by atoms with Crippen LogP contribution in [0.5, 0.6) is 11.5 Å². The van der Waals surface area contributed by atoms with Crippen molar-refractivity contribution in [3.63, 3.8) is 0 Å². The Kier molecular flexibility index (Phi) is 6.97. The first-order chi connectivity index (χ1) is 16.8. The molecule has 8 nitrogen and oxygen atoms in total. The van der Waals surface area contributed by atoms with Gasteiger partial charge in [-0.25, -0.2) is 4.79 Å². The third-order valence-corrected chi connectivity index (χ3v) is 7.01. The van der Waals surface area contributed by atoms with Crippen LogP contribution in [0, 0.1) is 0 Å². The minimum absolute atomic E-state index is 0.277. The third kappa shape index (κ3) is 5.25. The first-order valence-corrected chi connectivity index (χ1v) is 11.8. The Balaban J connectivity index is 1.54. The summed E-state index contributed by atoms with van der Waals surface area (Å²) in [5.41, 5.74) is 1.77. The minimum Gasteiger partial charge on any atom is -0.497 e. The zero-order valence-electron chi connectivity index (χ0n) is 19.5.